The lowest BCUT2D eigenvalue weighted by Crippen LogP contribution is -2.24. The third-order valence-electron chi connectivity index (χ3n) is 3.59. The minimum Gasteiger partial charge on any atom is -0.494 e. The fraction of sp³-hybridized carbons (Fsp3) is 0.211. The maximum Gasteiger partial charge on any atom is 0.287 e. The van der Waals surface area contributed by atoms with E-state index in [0.29, 0.717) is 23.9 Å². The molecule has 0 fully saturated rings. The molecular formula is C19H18ClNO3. The second-order valence-corrected chi connectivity index (χ2v) is 5.85. The molecule has 0 spiro atoms. The molecule has 0 aliphatic carbocycles. The van der Waals surface area contributed by atoms with Crippen LogP contribution in [0.25, 0.3) is 11.0 Å². The Morgan fingerprint density at radius 2 is 1.88 bits per heavy atom. The molecule has 0 radical (unpaired) electrons. The molecule has 0 atom stereocenters. The van der Waals surface area contributed by atoms with Crippen LogP contribution in [0.3, 0.4) is 0 Å². The molecule has 4 nitrogen and oxygen atoms in total. The Hall–Kier alpha value is -2.46. The zero-order chi connectivity index (χ0) is 16.8. The van der Waals surface area contributed by atoms with Crippen LogP contribution in [0.5, 0.6) is 5.75 Å². The number of furan rings is 1. The number of ether oxygens (including phenoxy) is 1. The molecule has 3 aromatic rings. The number of fused-ring (bicyclic) bond motifs is 1. The second-order valence-electron chi connectivity index (χ2n) is 5.41. The fourth-order valence-corrected chi connectivity index (χ4v) is 2.46. The Morgan fingerprint density at radius 1 is 1.08 bits per heavy atom. The van der Waals surface area contributed by atoms with E-state index in [4.69, 9.17) is 20.8 Å². The number of nitrogens with one attached hydrogen (secondary N) is 1. The first-order chi connectivity index (χ1) is 11.7. The van der Waals surface area contributed by atoms with Gasteiger partial charge < -0.3 is 14.5 Å². The van der Waals surface area contributed by atoms with Gasteiger partial charge in [-0.05, 0) is 49.2 Å². The van der Waals surface area contributed by atoms with E-state index < -0.39 is 0 Å². The Balaban J connectivity index is 1.37. The van der Waals surface area contributed by atoms with Crippen molar-refractivity contribution in [3.63, 3.8) is 0 Å². The molecular weight excluding hydrogens is 326 g/mol. The average Bonchev–Trinajstić information content (AvgIpc) is 3.03. The summed E-state index contributed by atoms with van der Waals surface area (Å²) < 4.78 is 11.1. The Bertz CT molecular complexity index is 778. The van der Waals surface area contributed by atoms with E-state index >= 15 is 0 Å². The lowest BCUT2D eigenvalue weighted by atomic mass is 10.2. The fourth-order valence-electron chi connectivity index (χ4n) is 2.33. The lowest BCUT2D eigenvalue weighted by molar-refractivity contribution is 0.0927. The van der Waals surface area contributed by atoms with Gasteiger partial charge in [-0.25, -0.2) is 0 Å². The van der Waals surface area contributed by atoms with Crippen molar-refractivity contribution in [2.24, 2.45) is 0 Å². The molecule has 0 aliphatic rings. The number of unbranched alkanes of at least 4 members (excludes halogenated alkanes) is 1. The molecule has 0 saturated heterocycles. The maximum absolute atomic E-state index is 12.1. The van der Waals surface area contributed by atoms with Crippen molar-refractivity contribution < 1.29 is 13.9 Å². The van der Waals surface area contributed by atoms with Crippen LogP contribution in [0, 0.1) is 0 Å². The highest BCUT2D eigenvalue weighted by Crippen LogP contribution is 2.18. The first kappa shape index (κ1) is 16.4. The largest absolute Gasteiger partial charge is 0.494 e. The lowest BCUT2D eigenvalue weighted by Gasteiger charge is -2.06. The molecule has 1 amide bonds. The highest BCUT2D eigenvalue weighted by molar-refractivity contribution is 6.30. The standard InChI is InChI=1S/C19H18ClNO3/c20-15-7-9-16(10-8-15)23-12-4-3-11-21-19(22)18-13-14-5-1-2-6-17(14)24-18/h1-2,5-10,13H,3-4,11-12H2,(H,21,22). The molecule has 0 bridgehead atoms. The van der Waals surface area contributed by atoms with Gasteiger partial charge in [-0.15, -0.1) is 0 Å². The molecule has 0 aliphatic heterocycles. The number of benzene rings is 2. The number of carbonyl (C=O) groups excluding carboxylic acids is 1. The van der Waals surface area contributed by atoms with Gasteiger partial charge in [0.2, 0.25) is 0 Å². The summed E-state index contributed by atoms with van der Waals surface area (Å²) in [7, 11) is 0. The number of hydrogen-bond donors (Lipinski definition) is 1. The van der Waals surface area contributed by atoms with Gasteiger partial charge in [0.1, 0.15) is 11.3 Å². The predicted octanol–water partition coefficient (Wildman–Crippen LogP) is 4.68. The first-order valence-electron chi connectivity index (χ1n) is 7.87. The summed E-state index contributed by atoms with van der Waals surface area (Å²) in [6, 6.07) is 16.6. The van der Waals surface area contributed by atoms with Crippen LogP contribution in [0.2, 0.25) is 5.02 Å². The summed E-state index contributed by atoms with van der Waals surface area (Å²) in [5.74, 6) is 0.948. The van der Waals surface area contributed by atoms with Gasteiger partial charge in [-0.3, -0.25) is 4.79 Å². The minimum absolute atomic E-state index is 0.190. The monoisotopic (exact) mass is 343 g/mol. The van der Waals surface area contributed by atoms with Crippen LogP contribution >= 0.6 is 11.6 Å². The SMILES string of the molecule is O=C(NCCCCOc1ccc(Cl)cc1)c1cc2ccccc2o1. The van der Waals surface area contributed by atoms with Crippen LogP contribution in [-0.4, -0.2) is 19.1 Å². The number of amides is 1. The third kappa shape index (κ3) is 4.30. The Morgan fingerprint density at radius 3 is 2.67 bits per heavy atom. The van der Waals surface area contributed by atoms with E-state index in [1.54, 1.807) is 18.2 Å². The maximum atomic E-state index is 12.1. The number of rotatable bonds is 7. The summed E-state index contributed by atoms with van der Waals surface area (Å²) >= 11 is 5.82. The summed E-state index contributed by atoms with van der Waals surface area (Å²) in [4.78, 5) is 12.1. The van der Waals surface area contributed by atoms with Gasteiger partial charge in [0, 0.05) is 17.0 Å². The number of hydrogen-bond acceptors (Lipinski definition) is 3. The van der Waals surface area contributed by atoms with Crippen LogP contribution in [0.1, 0.15) is 23.4 Å². The molecule has 5 heteroatoms. The molecule has 1 aromatic heterocycles. The molecule has 0 saturated carbocycles. The van der Waals surface area contributed by atoms with Gasteiger partial charge >= 0.3 is 0 Å². The smallest absolute Gasteiger partial charge is 0.287 e. The van der Waals surface area contributed by atoms with Gasteiger partial charge in [0.25, 0.3) is 5.91 Å². The molecule has 1 heterocycles. The minimum atomic E-state index is -0.190. The van der Waals surface area contributed by atoms with E-state index in [0.717, 1.165) is 29.6 Å². The second kappa shape index (κ2) is 7.88. The molecule has 3 rings (SSSR count). The number of carbonyl (C=O) groups is 1. The van der Waals surface area contributed by atoms with Crippen molar-refractivity contribution in [2.45, 2.75) is 12.8 Å². The van der Waals surface area contributed by atoms with Crippen molar-refractivity contribution in [1.29, 1.82) is 0 Å². The summed E-state index contributed by atoms with van der Waals surface area (Å²) in [6.45, 7) is 1.18. The Labute approximate surface area is 145 Å². The highest BCUT2D eigenvalue weighted by atomic mass is 35.5. The van der Waals surface area contributed by atoms with Crippen molar-refractivity contribution in [3.8, 4) is 5.75 Å². The van der Waals surface area contributed by atoms with Gasteiger partial charge in [0.05, 0.1) is 6.61 Å². The van der Waals surface area contributed by atoms with E-state index in [1.807, 2.05) is 36.4 Å². The molecule has 124 valence electrons. The van der Waals surface area contributed by atoms with Crippen molar-refractivity contribution in [2.75, 3.05) is 13.2 Å². The summed E-state index contributed by atoms with van der Waals surface area (Å²) in [5.41, 5.74) is 0.721. The van der Waals surface area contributed by atoms with Crippen LogP contribution in [0.4, 0.5) is 0 Å². The summed E-state index contributed by atoms with van der Waals surface area (Å²) in [6.07, 6.45) is 1.68. The van der Waals surface area contributed by atoms with Crippen molar-refractivity contribution >= 4 is 28.5 Å². The van der Waals surface area contributed by atoms with E-state index in [1.165, 1.54) is 0 Å². The van der Waals surface area contributed by atoms with Crippen LogP contribution < -0.4 is 10.1 Å². The highest BCUT2D eigenvalue weighted by Gasteiger charge is 2.10. The molecule has 24 heavy (non-hydrogen) atoms. The first-order valence-corrected chi connectivity index (χ1v) is 8.25. The Kier molecular flexibility index (Phi) is 5.39. The number of para-hydroxylation sites is 1. The van der Waals surface area contributed by atoms with Crippen LogP contribution in [-0.2, 0) is 0 Å². The van der Waals surface area contributed by atoms with Crippen molar-refractivity contribution in [3.05, 3.63) is 65.4 Å². The zero-order valence-corrected chi connectivity index (χ0v) is 13.9. The number of halogens is 1. The summed E-state index contributed by atoms with van der Waals surface area (Å²) in [5, 5.41) is 4.48. The van der Waals surface area contributed by atoms with Gasteiger partial charge in [-0.1, -0.05) is 29.8 Å². The van der Waals surface area contributed by atoms with Gasteiger partial charge in [0.15, 0.2) is 5.76 Å². The average molecular weight is 344 g/mol. The van der Waals surface area contributed by atoms with E-state index in [9.17, 15) is 4.79 Å². The van der Waals surface area contributed by atoms with Crippen LogP contribution in [0.15, 0.2) is 59.0 Å². The zero-order valence-electron chi connectivity index (χ0n) is 13.1. The quantitative estimate of drug-likeness (QED) is 0.634. The predicted molar refractivity (Wildman–Crippen MR) is 94.7 cm³/mol. The molecule has 0 unspecified atom stereocenters. The normalized spacial score (nSPS) is 10.7. The third-order valence-corrected chi connectivity index (χ3v) is 3.84. The van der Waals surface area contributed by atoms with E-state index in [-0.39, 0.29) is 5.91 Å². The van der Waals surface area contributed by atoms with Crippen molar-refractivity contribution in [1.82, 2.24) is 5.32 Å². The molecule has 2 aromatic carbocycles. The topological polar surface area (TPSA) is 51.5 Å². The molecule has 1 N–H and O–H groups in total. The van der Waals surface area contributed by atoms with Gasteiger partial charge in [-0.2, -0.15) is 0 Å². The van der Waals surface area contributed by atoms with E-state index in [2.05, 4.69) is 5.32 Å².